The Bertz CT molecular complexity index is 671. The second-order valence-corrected chi connectivity index (χ2v) is 7.53. The van der Waals surface area contributed by atoms with E-state index in [9.17, 15) is 14.0 Å². The molecule has 1 N–H and O–H groups in total. The molecule has 2 rings (SSSR count). The van der Waals surface area contributed by atoms with Crippen LogP contribution in [0.1, 0.15) is 44.0 Å². The molecule has 138 valence electrons. The van der Waals surface area contributed by atoms with E-state index in [4.69, 9.17) is 27.9 Å². The van der Waals surface area contributed by atoms with Crippen LogP contribution < -0.4 is 5.32 Å². The molecule has 6 nitrogen and oxygen atoms in total. The summed E-state index contributed by atoms with van der Waals surface area (Å²) in [6, 6.07) is 0.903. The Labute approximate surface area is 155 Å². The largest absolute Gasteiger partial charge is 0.444 e. The maximum Gasteiger partial charge on any atom is 0.407 e. The fourth-order valence-corrected chi connectivity index (χ4v) is 2.87. The molecule has 0 saturated carbocycles. The van der Waals surface area contributed by atoms with Gasteiger partial charge in [0.2, 0.25) is 0 Å². The van der Waals surface area contributed by atoms with Crippen molar-refractivity contribution in [2.45, 2.75) is 45.3 Å². The summed E-state index contributed by atoms with van der Waals surface area (Å²) < 4.78 is 18.8. The summed E-state index contributed by atoms with van der Waals surface area (Å²) in [4.78, 5) is 29.4. The van der Waals surface area contributed by atoms with E-state index in [2.05, 4.69) is 10.3 Å². The first kappa shape index (κ1) is 19.7. The van der Waals surface area contributed by atoms with Gasteiger partial charge in [-0.3, -0.25) is 4.79 Å². The van der Waals surface area contributed by atoms with Crippen LogP contribution in [0.25, 0.3) is 0 Å². The topological polar surface area (TPSA) is 71.5 Å². The van der Waals surface area contributed by atoms with E-state index in [1.54, 1.807) is 25.7 Å². The minimum Gasteiger partial charge on any atom is -0.444 e. The van der Waals surface area contributed by atoms with E-state index in [1.807, 2.05) is 0 Å². The second kappa shape index (κ2) is 7.74. The van der Waals surface area contributed by atoms with Crippen molar-refractivity contribution < 1.29 is 18.7 Å². The third-order valence-electron chi connectivity index (χ3n) is 3.62. The van der Waals surface area contributed by atoms with Crippen molar-refractivity contribution in [3.05, 3.63) is 27.8 Å². The molecule has 1 aromatic heterocycles. The first-order valence-corrected chi connectivity index (χ1v) is 8.63. The minimum absolute atomic E-state index is 0.0258. The number of alkyl carbamates (subject to hydrolysis) is 1. The number of amides is 2. The van der Waals surface area contributed by atoms with Crippen LogP contribution in [0, 0.1) is 5.82 Å². The van der Waals surface area contributed by atoms with Gasteiger partial charge in [-0.1, -0.05) is 23.2 Å². The molecule has 9 heteroatoms. The van der Waals surface area contributed by atoms with Crippen molar-refractivity contribution in [2.75, 3.05) is 13.1 Å². The summed E-state index contributed by atoms with van der Waals surface area (Å²) >= 11 is 11.4. The third kappa shape index (κ3) is 5.44. The molecule has 0 spiro atoms. The van der Waals surface area contributed by atoms with Crippen LogP contribution in [0.15, 0.2) is 6.07 Å². The summed E-state index contributed by atoms with van der Waals surface area (Å²) in [5.74, 6) is -1.21. The van der Waals surface area contributed by atoms with Crippen LogP contribution in [0.4, 0.5) is 9.18 Å². The molecule has 2 heterocycles. The molecule has 1 aliphatic heterocycles. The van der Waals surface area contributed by atoms with Gasteiger partial charge in [-0.15, -0.1) is 0 Å². The van der Waals surface area contributed by atoms with Gasteiger partial charge < -0.3 is 15.0 Å². The van der Waals surface area contributed by atoms with Crippen LogP contribution in [-0.2, 0) is 4.74 Å². The average molecular weight is 392 g/mol. The number of pyridine rings is 1. The highest BCUT2D eigenvalue weighted by atomic mass is 35.5. The van der Waals surface area contributed by atoms with Gasteiger partial charge >= 0.3 is 6.09 Å². The maximum atomic E-state index is 13.5. The van der Waals surface area contributed by atoms with Crippen molar-refractivity contribution in [1.29, 1.82) is 0 Å². The van der Waals surface area contributed by atoms with Crippen LogP contribution in [0.2, 0.25) is 10.3 Å². The number of rotatable bonds is 2. The molecule has 1 aliphatic rings. The molecule has 0 aliphatic carbocycles. The summed E-state index contributed by atoms with van der Waals surface area (Å²) in [6.45, 7) is 6.17. The van der Waals surface area contributed by atoms with Gasteiger partial charge in [0.25, 0.3) is 5.91 Å². The Morgan fingerprint density at radius 3 is 2.44 bits per heavy atom. The quantitative estimate of drug-likeness (QED) is 0.780. The van der Waals surface area contributed by atoms with Gasteiger partial charge in [-0.05, 0) is 39.7 Å². The van der Waals surface area contributed by atoms with Crippen LogP contribution in [0.5, 0.6) is 0 Å². The Morgan fingerprint density at radius 1 is 1.28 bits per heavy atom. The van der Waals surface area contributed by atoms with Gasteiger partial charge in [0.05, 0.1) is 5.56 Å². The van der Waals surface area contributed by atoms with Crippen molar-refractivity contribution in [3.8, 4) is 0 Å². The zero-order chi connectivity index (χ0) is 18.8. The van der Waals surface area contributed by atoms with Crippen LogP contribution in [0.3, 0.4) is 0 Å². The highest BCUT2D eigenvalue weighted by molar-refractivity contribution is 6.34. The standard InChI is InChI=1S/C16H20Cl2FN3O3/c1-16(2,3)25-15(24)20-9-4-6-22(7-5-9)14(23)10-8-11(19)13(18)21-12(10)17/h8-9H,4-7H2,1-3H3,(H,20,24). The number of piperidine rings is 1. The monoisotopic (exact) mass is 391 g/mol. The molecule has 0 aromatic carbocycles. The highest BCUT2D eigenvalue weighted by Gasteiger charge is 2.28. The van der Waals surface area contributed by atoms with Gasteiger partial charge in [0, 0.05) is 19.1 Å². The predicted octanol–water partition coefficient (Wildman–Crippen LogP) is 3.66. The summed E-state index contributed by atoms with van der Waals surface area (Å²) in [5, 5.41) is 2.28. The first-order chi connectivity index (χ1) is 11.6. The molecular weight excluding hydrogens is 372 g/mol. The lowest BCUT2D eigenvalue weighted by Crippen LogP contribution is -2.47. The van der Waals surface area contributed by atoms with E-state index in [1.165, 1.54) is 0 Å². The van der Waals surface area contributed by atoms with Crippen molar-refractivity contribution in [2.24, 2.45) is 0 Å². The number of nitrogens with zero attached hydrogens (tertiary/aromatic N) is 2. The number of carbonyl (C=O) groups is 2. The predicted molar refractivity (Wildman–Crippen MR) is 92.5 cm³/mol. The summed E-state index contributed by atoms with van der Waals surface area (Å²) in [6.07, 6.45) is 0.641. The first-order valence-electron chi connectivity index (χ1n) is 7.87. The van der Waals surface area contributed by atoms with E-state index < -0.39 is 23.4 Å². The fourth-order valence-electron chi connectivity index (χ4n) is 2.47. The van der Waals surface area contributed by atoms with E-state index in [0.717, 1.165) is 6.07 Å². The SMILES string of the molecule is CC(C)(C)OC(=O)NC1CCN(C(=O)c2cc(F)c(Cl)nc2Cl)CC1. The molecule has 1 fully saturated rings. The van der Waals surface area contributed by atoms with Crippen molar-refractivity contribution in [1.82, 2.24) is 15.2 Å². The van der Waals surface area contributed by atoms with E-state index in [-0.39, 0.29) is 21.9 Å². The molecule has 0 unspecified atom stereocenters. The normalized spacial score (nSPS) is 15.8. The van der Waals surface area contributed by atoms with Gasteiger partial charge in [0.15, 0.2) is 11.0 Å². The third-order valence-corrected chi connectivity index (χ3v) is 4.17. The van der Waals surface area contributed by atoms with Crippen LogP contribution >= 0.6 is 23.2 Å². The lowest BCUT2D eigenvalue weighted by Gasteiger charge is -2.33. The average Bonchev–Trinajstić information content (AvgIpc) is 2.49. The molecule has 0 bridgehead atoms. The van der Waals surface area contributed by atoms with E-state index in [0.29, 0.717) is 25.9 Å². The Kier molecular flexibility index (Phi) is 6.11. The summed E-state index contributed by atoms with van der Waals surface area (Å²) in [7, 11) is 0. The highest BCUT2D eigenvalue weighted by Crippen LogP contribution is 2.23. The van der Waals surface area contributed by atoms with Gasteiger partial charge in [0.1, 0.15) is 10.8 Å². The molecule has 0 atom stereocenters. The number of likely N-dealkylation sites (tertiary alicyclic amines) is 1. The number of hydrogen-bond acceptors (Lipinski definition) is 4. The molecule has 1 saturated heterocycles. The Balaban J connectivity index is 1.93. The number of carbonyl (C=O) groups excluding carboxylic acids is 2. The number of halogens is 3. The Morgan fingerprint density at radius 2 is 1.88 bits per heavy atom. The zero-order valence-electron chi connectivity index (χ0n) is 14.2. The molecule has 0 radical (unpaired) electrons. The minimum atomic E-state index is -0.795. The summed E-state index contributed by atoms with van der Waals surface area (Å²) in [5.41, 5.74) is -0.592. The molecule has 25 heavy (non-hydrogen) atoms. The van der Waals surface area contributed by atoms with E-state index >= 15 is 0 Å². The second-order valence-electron chi connectivity index (χ2n) is 6.81. The van der Waals surface area contributed by atoms with Gasteiger partial charge in [-0.25, -0.2) is 14.2 Å². The lowest BCUT2D eigenvalue weighted by molar-refractivity contribution is 0.0473. The zero-order valence-corrected chi connectivity index (χ0v) is 15.7. The number of hydrogen-bond donors (Lipinski definition) is 1. The Hall–Kier alpha value is -1.60. The number of nitrogens with one attached hydrogen (secondary N) is 1. The fraction of sp³-hybridized carbons (Fsp3) is 0.562. The number of ether oxygens (including phenoxy) is 1. The molecular formula is C16H20Cl2FN3O3. The van der Waals surface area contributed by atoms with Crippen LogP contribution in [-0.4, -0.2) is 46.6 Å². The van der Waals surface area contributed by atoms with Crippen molar-refractivity contribution in [3.63, 3.8) is 0 Å². The van der Waals surface area contributed by atoms with Gasteiger partial charge in [-0.2, -0.15) is 0 Å². The number of aromatic nitrogens is 1. The van der Waals surface area contributed by atoms with Crippen molar-refractivity contribution >= 4 is 35.2 Å². The molecule has 1 aromatic rings. The smallest absolute Gasteiger partial charge is 0.407 e. The lowest BCUT2D eigenvalue weighted by atomic mass is 10.0. The molecule has 2 amide bonds. The maximum absolute atomic E-state index is 13.5.